The van der Waals surface area contributed by atoms with Gasteiger partial charge in [0.1, 0.15) is 5.76 Å². The molecule has 4 rings (SSSR count). The Balaban J connectivity index is 1.72. The SMILES string of the molecule is Cc1ccc(C2/C(=C(/O)c3ccc(Cl)cc3)C(=O)C(=O)N2CCCn2ccnc2)cc1. The number of aromatic nitrogens is 2. The van der Waals surface area contributed by atoms with Crippen LogP contribution in [0, 0.1) is 6.92 Å². The zero-order chi connectivity index (χ0) is 22.0. The quantitative estimate of drug-likeness (QED) is 0.354. The molecule has 0 saturated carbocycles. The van der Waals surface area contributed by atoms with Crippen LogP contribution < -0.4 is 0 Å². The lowest BCUT2D eigenvalue weighted by Crippen LogP contribution is -2.31. The maximum atomic E-state index is 13.0. The van der Waals surface area contributed by atoms with Crippen molar-refractivity contribution < 1.29 is 14.7 Å². The van der Waals surface area contributed by atoms with Gasteiger partial charge in [0, 0.05) is 36.1 Å². The van der Waals surface area contributed by atoms with Crippen molar-refractivity contribution in [1.29, 1.82) is 0 Å². The van der Waals surface area contributed by atoms with E-state index in [-0.39, 0.29) is 11.3 Å². The van der Waals surface area contributed by atoms with E-state index in [0.717, 1.165) is 11.1 Å². The smallest absolute Gasteiger partial charge is 0.295 e. The van der Waals surface area contributed by atoms with Gasteiger partial charge >= 0.3 is 0 Å². The second-order valence-electron chi connectivity index (χ2n) is 7.56. The largest absolute Gasteiger partial charge is 0.507 e. The zero-order valence-electron chi connectivity index (χ0n) is 17.0. The summed E-state index contributed by atoms with van der Waals surface area (Å²) in [5, 5.41) is 11.5. The Bertz CT molecular complexity index is 1120. The Labute approximate surface area is 185 Å². The highest BCUT2D eigenvalue weighted by Crippen LogP contribution is 2.39. The number of aryl methyl sites for hydroxylation is 2. The maximum absolute atomic E-state index is 13.0. The lowest BCUT2D eigenvalue weighted by molar-refractivity contribution is -0.139. The van der Waals surface area contributed by atoms with E-state index in [1.54, 1.807) is 41.7 Å². The van der Waals surface area contributed by atoms with Crippen molar-refractivity contribution in [1.82, 2.24) is 14.5 Å². The van der Waals surface area contributed by atoms with E-state index in [9.17, 15) is 14.7 Å². The van der Waals surface area contributed by atoms with E-state index in [0.29, 0.717) is 30.1 Å². The van der Waals surface area contributed by atoms with Crippen LogP contribution in [0.2, 0.25) is 5.02 Å². The standard InChI is InChI=1S/C24H22ClN3O3/c1-16-3-5-17(6-4-16)21-20(22(29)18-7-9-19(25)10-8-18)23(30)24(31)28(21)13-2-12-27-14-11-26-15-27/h3-11,14-15,21,29H,2,12-13H2,1H3/b22-20-. The van der Waals surface area contributed by atoms with Crippen LogP contribution >= 0.6 is 11.6 Å². The van der Waals surface area contributed by atoms with Crippen LogP contribution in [0.4, 0.5) is 0 Å². The van der Waals surface area contributed by atoms with Crippen molar-refractivity contribution in [2.75, 3.05) is 6.54 Å². The Morgan fingerprint density at radius 3 is 2.42 bits per heavy atom. The van der Waals surface area contributed by atoms with Crippen molar-refractivity contribution in [2.24, 2.45) is 0 Å². The summed E-state index contributed by atoms with van der Waals surface area (Å²) in [5.41, 5.74) is 2.39. The molecule has 1 amide bonds. The number of benzene rings is 2. The molecule has 6 nitrogen and oxygen atoms in total. The number of rotatable bonds is 6. The van der Waals surface area contributed by atoms with Gasteiger partial charge < -0.3 is 14.6 Å². The number of Topliss-reactive ketones (excluding diaryl/α,β-unsaturated/α-hetero) is 1. The fraction of sp³-hybridized carbons (Fsp3) is 0.208. The predicted octanol–water partition coefficient (Wildman–Crippen LogP) is 4.36. The van der Waals surface area contributed by atoms with E-state index in [1.165, 1.54) is 0 Å². The van der Waals surface area contributed by atoms with Crippen LogP contribution in [-0.2, 0) is 16.1 Å². The summed E-state index contributed by atoms with van der Waals surface area (Å²) in [6.45, 7) is 3.01. The van der Waals surface area contributed by atoms with Gasteiger partial charge in [-0.1, -0.05) is 41.4 Å². The summed E-state index contributed by atoms with van der Waals surface area (Å²) in [4.78, 5) is 31.5. The molecule has 158 valence electrons. The molecular formula is C24H22ClN3O3. The minimum Gasteiger partial charge on any atom is -0.507 e. The van der Waals surface area contributed by atoms with Crippen molar-refractivity contribution in [3.05, 3.63) is 94.5 Å². The number of ketones is 1. The van der Waals surface area contributed by atoms with E-state index < -0.39 is 17.7 Å². The molecule has 1 saturated heterocycles. The summed E-state index contributed by atoms with van der Waals surface area (Å²) in [7, 11) is 0. The highest BCUT2D eigenvalue weighted by Gasteiger charge is 2.45. The first-order valence-corrected chi connectivity index (χ1v) is 10.4. The van der Waals surface area contributed by atoms with Crippen molar-refractivity contribution in [3.8, 4) is 0 Å². The van der Waals surface area contributed by atoms with Gasteiger partial charge in [0.2, 0.25) is 0 Å². The Hall–Kier alpha value is -3.38. The number of carbonyl (C=O) groups excluding carboxylic acids is 2. The summed E-state index contributed by atoms with van der Waals surface area (Å²) in [6, 6.07) is 13.5. The van der Waals surface area contributed by atoms with Crippen LogP contribution in [0.3, 0.4) is 0 Å². The van der Waals surface area contributed by atoms with Crippen molar-refractivity contribution in [2.45, 2.75) is 25.9 Å². The molecular weight excluding hydrogens is 414 g/mol. The predicted molar refractivity (Wildman–Crippen MR) is 118 cm³/mol. The maximum Gasteiger partial charge on any atom is 0.295 e. The molecule has 2 heterocycles. The van der Waals surface area contributed by atoms with Crippen LogP contribution in [0.5, 0.6) is 0 Å². The van der Waals surface area contributed by atoms with Gasteiger partial charge in [0.05, 0.1) is 17.9 Å². The van der Waals surface area contributed by atoms with E-state index in [2.05, 4.69) is 4.98 Å². The molecule has 0 aliphatic carbocycles. The highest BCUT2D eigenvalue weighted by molar-refractivity contribution is 6.46. The molecule has 1 aliphatic heterocycles. The monoisotopic (exact) mass is 435 g/mol. The van der Waals surface area contributed by atoms with Crippen LogP contribution in [-0.4, -0.2) is 37.8 Å². The first kappa shape index (κ1) is 20.9. The fourth-order valence-corrected chi connectivity index (χ4v) is 3.94. The van der Waals surface area contributed by atoms with Gasteiger partial charge in [-0.2, -0.15) is 0 Å². The average Bonchev–Trinajstić information content (AvgIpc) is 3.37. The third-order valence-electron chi connectivity index (χ3n) is 5.43. The summed E-state index contributed by atoms with van der Waals surface area (Å²) in [6.07, 6.45) is 5.91. The minimum atomic E-state index is -0.680. The average molecular weight is 436 g/mol. The number of aliphatic hydroxyl groups excluding tert-OH is 1. The normalized spacial score (nSPS) is 18.0. The first-order valence-electron chi connectivity index (χ1n) is 10.0. The summed E-state index contributed by atoms with van der Waals surface area (Å²) >= 11 is 5.96. The third-order valence-corrected chi connectivity index (χ3v) is 5.68. The molecule has 0 bridgehead atoms. The number of imidazole rings is 1. The molecule has 1 aliphatic rings. The molecule has 1 atom stereocenters. The molecule has 0 radical (unpaired) electrons. The number of hydrogen-bond acceptors (Lipinski definition) is 4. The topological polar surface area (TPSA) is 75.4 Å². The number of amides is 1. The Kier molecular flexibility index (Phi) is 5.91. The number of nitrogens with zero attached hydrogens (tertiary/aromatic N) is 3. The number of hydrogen-bond donors (Lipinski definition) is 1. The summed E-state index contributed by atoms with van der Waals surface area (Å²) in [5.74, 6) is -1.48. The van der Waals surface area contributed by atoms with E-state index in [4.69, 9.17) is 11.6 Å². The lowest BCUT2D eigenvalue weighted by atomic mass is 9.94. The van der Waals surface area contributed by atoms with Crippen LogP contribution in [0.25, 0.3) is 5.76 Å². The van der Waals surface area contributed by atoms with Gasteiger partial charge in [0.15, 0.2) is 0 Å². The van der Waals surface area contributed by atoms with Crippen LogP contribution in [0.15, 0.2) is 72.8 Å². The molecule has 0 spiro atoms. The van der Waals surface area contributed by atoms with E-state index in [1.807, 2.05) is 42.0 Å². The Morgan fingerprint density at radius 1 is 1.06 bits per heavy atom. The molecule has 31 heavy (non-hydrogen) atoms. The summed E-state index contributed by atoms with van der Waals surface area (Å²) < 4.78 is 1.92. The van der Waals surface area contributed by atoms with Gasteiger partial charge in [-0.3, -0.25) is 9.59 Å². The number of aliphatic hydroxyl groups is 1. The van der Waals surface area contributed by atoms with Crippen LogP contribution in [0.1, 0.15) is 29.2 Å². The first-order chi connectivity index (χ1) is 15.0. The van der Waals surface area contributed by atoms with Crippen molar-refractivity contribution >= 4 is 29.1 Å². The number of halogens is 1. The molecule has 3 aromatic rings. The highest BCUT2D eigenvalue weighted by atomic mass is 35.5. The van der Waals surface area contributed by atoms with Gasteiger partial charge in [0.25, 0.3) is 11.7 Å². The minimum absolute atomic E-state index is 0.0961. The molecule has 2 aromatic carbocycles. The van der Waals surface area contributed by atoms with Gasteiger partial charge in [-0.05, 0) is 43.2 Å². The van der Waals surface area contributed by atoms with Crippen molar-refractivity contribution in [3.63, 3.8) is 0 Å². The molecule has 1 N–H and O–H groups in total. The Morgan fingerprint density at radius 2 is 1.77 bits per heavy atom. The third kappa shape index (κ3) is 4.25. The second-order valence-corrected chi connectivity index (χ2v) is 8.00. The van der Waals surface area contributed by atoms with E-state index >= 15 is 0 Å². The number of carbonyl (C=O) groups is 2. The number of likely N-dealkylation sites (tertiary alicyclic amines) is 1. The lowest BCUT2D eigenvalue weighted by Gasteiger charge is -2.25. The molecule has 1 unspecified atom stereocenters. The molecule has 1 fully saturated rings. The zero-order valence-corrected chi connectivity index (χ0v) is 17.8. The molecule has 7 heteroatoms. The second kappa shape index (κ2) is 8.78. The van der Waals surface area contributed by atoms with Gasteiger partial charge in [-0.15, -0.1) is 0 Å². The fourth-order valence-electron chi connectivity index (χ4n) is 3.81. The van der Waals surface area contributed by atoms with Gasteiger partial charge in [-0.25, -0.2) is 4.98 Å². The molecule has 1 aromatic heterocycles.